The van der Waals surface area contributed by atoms with Gasteiger partial charge in [0.05, 0.1) is 11.8 Å². The maximum absolute atomic E-state index is 10.5. The van der Waals surface area contributed by atoms with Gasteiger partial charge >= 0.3 is 17.9 Å². The molecule has 0 aliphatic heterocycles. The minimum Gasteiger partial charge on any atom is -0.481 e. The molecule has 0 aromatic carbocycles. The van der Waals surface area contributed by atoms with Crippen molar-refractivity contribution < 1.29 is 29.7 Å². The summed E-state index contributed by atoms with van der Waals surface area (Å²) >= 11 is 0. The van der Waals surface area contributed by atoms with Gasteiger partial charge in [0.25, 0.3) is 0 Å². The Morgan fingerprint density at radius 1 is 1.00 bits per heavy atom. The third kappa shape index (κ3) is 1.53. The van der Waals surface area contributed by atoms with Crippen LogP contribution in [-0.2, 0) is 14.4 Å². The Morgan fingerprint density at radius 2 is 1.36 bits per heavy atom. The van der Waals surface area contributed by atoms with Crippen molar-refractivity contribution in [1.82, 2.24) is 0 Å². The van der Waals surface area contributed by atoms with E-state index in [0.29, 0.717) is 0 Å². The molecule has 1 fully saturated rings. The van der Waals surface area contributed by atoms with Crippen LogP contribution in [0.4, 0.5) is 0 Å². The quantitative estimate of drug-likeness (QED) is 0.433. The lowest BCUT2D eigenvalue weighted by Crippen LogP contribution is -2.34. The second-order valence-corrected chi connectivity index (χ2v) is 3.17. The van der Waals surface area contributed by atoms with E-state index < -0.39 is 41.7 Å². The zero-order valence-electron chi connectivity index (χ0n) is 6.95. The third-order valence-electron chi connectivity index (χ3n) is 2.35. The molecule has 1 rings (SSSR count). The monoisotopic (exact) mass is 203 g/mol. The average Bonchev–Trinajstić information content (AvgIpc) is 2.76. The predicted octanol–water partition coefficient (Wildman–Crippen LogP) is -1.57. The highest BCUT2D eigenvalue weighted by Crippen LogP contribution is 2.48. The van der Waals surface area contributed by atoms with Gasteiger partial charge in [-0.15, -0.1) is 0 Å². The Hall–Kier alpha value is -1.63. The van der Waals surface area contributed by atoms with Crippen LogP contribution in [0.2, 0.25) is 0 Å². The smallest absolute Gasteiger partial charge is 0.320 e. The van der Waals surface area contributed by atoms with Crippen molar-refractivity contribution in [3.8, 4) is 0 Å². The van der Waals surface area contributed by atoms with E-state index in [9.17, 15) is 14.4 Å². The van der Waals surface area contributed by atoms with Crippen molar-refractivity contribution in [2.45, 2.75) is 6.04 Å². The molecule has 5 N–H and O–H groups in total. The summed E-state index contributed by atoms with van der Waals surface area (Å²) in [7, 11) is 0. The molecule has 0 heterocycles. The van der Waals surface area contributed by atoms with Crippen LogP contribution in [0.15, 0.2) is 0 Å². The molecule has 2 unspecified atom stereocenters. The molecule has 0 amide bonds. The molecule has 0 bridgehead atoms. The maximum Gasteiger partial charge on any atom is 0.320 e. The molecule has 0 spiro atoms. The van der Waals surface area contributed by atoms with Crippen molar-refractivity contribution in [3.63, 3.8) is 0 Å². The Kier molecular flexibility index (Phi) is 2.43. The van der Waals surface area contributed by atoms with E-state index in [1.807, 2.05) is 0 Å². The summed E-state index contributed by atoms with van der Waals surface area (Å²) in [6.45, 7) is 0. The van der Waals surface area contributed by atoms with Crippen molar-refractivity contribution >= 4 is 17.9 Å². The molecule has 14 heavy (non-hydrogen) atoms. The topological polar surface area (TPSA) is 138 Å². The fourth-order valence-electron chi connectivity index (χ4n) is 1.58. The van der Waals surface area contributed by atoms with E-state index in [-0.39, 0.29) is 0 Å². The summed E-state index contributed by atoms with van der Waals surface area (Å²) in [6.07, 6.45) is 0. The summed E-state index contributed by atoms with van der Waals surface area (Å²) in [4.78, 5) is 31.4. The van der Waals surface area contributed by atoms with Gasteiger partial charge in [-0.05, 0) is 0 Å². The lowest BCUT2D eigenvalue weighted by Gasteiger charge is -2.02. The zero-order chi connectivity index (χ0) is 11.0. The van der Waals surface area contributed by atoms with E-state index >= 15 is 0 Å². The standard InChI is InChI=1S/C7H9NO6/c8-4(7(13)14)1-2(5(9)10)3(1)6(11)12/h1-4H,8H2,(H,9,10)(H,11,12)(H,13,14)/t1?,2-,3?,4-/m0/s1. The minimum atomic E-state index is -1.43. The summed E-state index contributed by atoms with van der Waals surface area (Å²) < 4.78 is 0. The van der Waals surface area contributed by atoms with Crippen molar-refractivity contribution in [1.29, 1.82) is 0 Å². The highest BCUT2D eigenvalue weighted by molar-refractivity contribution is 5.89. The Labute approximate surface area is 78.1 Å². The Balaban J connectivity index is 2.77. The molecule has 1 aliphatic carbocycles. The first-order valence-electron chi connectivity index (χ1n) is 3.82. The molecule has 1 saturated carbocycles. The van der Waals surface area contributed by atoms with E-state index in [1.54, 1.807) is 0 Å². The fourth-order valence-corrected chi connectivity index (χ4v) is 1.58. The first-order chi connectivity index (χ1) is 6.37. The number of aliphatic carboxylic acids is 3. The lowest BCUT2D eigenvalue weighted by molar-refractivity contribution is -0.144. The van der Waals surface area contributed by atoms with Crippen LogP contribution in [0, 0.1) is 17.8 Å². The van der Waals surface area contributed by atoms with Crippen molar-refractivity contribution in [3.05, 3.63) is 0 Å². The van der Waals surface area contributed by atoms with E-state index in [1.165, 1.54) is 0 Å². The zero-order valence-corrected chi connectivity index (χ0v) is 6.95. The largest absolute Gasteiger partial charge is 0.481 e. The minimum absolute atomic E-state index is 1.01. The van der Waals surface area contributed by atoms with Gasteiger partial charge in [-0.3, -0.25) is 14.4 Å². The molecule has 78 valence electrons. The van der Waals surface area contributed by atoms with Gasteiger partial charge < -0.3 is 21.1 Å². The molecule has 0 radical (unpaired) electrons. The van der Waals surface area contributed by atoms with Gasteiger partial charge in [-0.25, -0.2) is 0 Å². The summed E-state index contributed by atoms with van der Waals surface area (Å²) in [5, 5.41) is 25.6. The van der Waals surface area contributed by atoms with E-state index in [4.69, 9.17) is 21.1 Å². The Morgan fingerprint density at radius 3 is 1.57 bits per heavy atom. The number of hydrogen-bond donors (Lipinski definition) is 4. The van der Waals surface area contributed by atoms with Crippen LogP contribution in [0.1, 0.15) is 0 Å². The van der Waals surface area contributed by atoms with Crippen LogP contribution < -0.4 is 5.73 Å². The highest BCUT2D eigenvalue weighted by Gasteiger charge is 2.63. The first kappa shape index (κ1) is 10.5. The summed E-state index contributed by atoms with van der Waals surface area (Å²) in [6, 6.07) is -1.43. The normalized spacial score (nSPS) is 31.9. The maximum atomic E-state index is 10.5. The molecule has 0 aromatic rings. The fraction of sp³-hybridized carbons (Fsp3) is 0.571. The molecule has 7 heteroatoms. The van der Waals surface area contributed by atoms with Crippen LogP contribution in [0.5, 0.6) is 0 Å². The number of carboxylic acid groups (broad SMARTS) is 3. The molecule has 1 aliphatic rings. The van der Waals surface area contributed by atoms with Gasteiger partial charge in [0, 0.05) is 5.92 Å². The predicted molar refractivity (Wildman–Crippen MR) is 41.4 cm³/mol. The van der Waals surface area contributed by atoms with Crippen LogP contribution in [0.25, 0.3) is 0 Å². The van der Waals surface area contributed by atoms with Gasteiger partial charge in [-0.2, -0.15) is 0 Å². The molecule has 7 nitrogen and oxygen atoms in total. The van der Waals surface area contributed by atoms with Gasteiger partial charge in [0.2, 0.25) is 0 Å². The number of carboxylic acids is 3. The number of rotatable bonds is 4. The van der Waals surface area contributed by atoms with Crippen LogP contribution in [0.3, 0.4) is 0 Å². The van der Waals surface area contributed by atoms with Gasteiger partial charge in [0.15, 0.2) is 0 Å². The van der Waals surface area contributed by atoms with Crippen LogP contribution >= 0.6 is 0 Å². The highest BCUT2D eigenvalue weighted by atomic mass is 16.4. The van der Waals surface area contributed by atoms with Crippen LogP contribution in [-0.4, -0.2) is 39.3 Å². The lowest BCUT2D eigenvalue weighted by atomic mass is 10.1. The summed E-state index contributed by atoms with van der Waals surface area (Å²) in [5.41, 5.74) is 5.15. The molecular weight excluding hydrogens is 194 g/mol. The average molecular weight is 203 g/mol. The second-order valence-electron chi connectivity index (χ2n) is 3.17. The van der Waals surface area contributed by atoms with Crippen molar-refractivity contribution in [2.75, 3.05) is 0 Å². The molecular formula is C7H9NO6. The molecule has 4 atom stereocenters. The third-order valence-corrected chi connectivity index (χ3v) is 2.35. The molecule has 0 saturated heterocycles. The first-order valence-corrected chi connectivity index (χ1v) is 3.82. The number of carbonyl (C=O) groups is 3. The SMILES string of the molecule is N[C@H](C(=O)O)C1C(C(=O)O)[C@H]1C(=O)O. The summed E-state index contributed by atoms with van der Waals surface area (Å²) in [5.74, 6) is -7.40. The number of nitrogens with two attached hydrogens (primary N) is 1. The van der Waals surface area contributed by atoms with Gasteiger partial charge in [0.1, 0.15) is 6.04 Å². The van der Waals surface area contributed by atoms with Gasteiger partial charge in [-0.1, -0.05) is 0 Å². The Bertz CT molecular complexity index is 281. The molecule has 0 aromatic heterocycles. The van der Waals surface area contributed by atoms with E-state index in [0.717, 1.165) is 0 Å². The van der Waals surface area contributed by atoms with E-state index in [2.05, 4.69) is 0 Å². The second kappa shape index (κ2) is 3.26. The van der Waals surface area contributed by atoms with Crippen molar-refractivity contribution in [2.24, 2.45) is 23.5 Å². The number of hydrogen-bond acceptors (Lipinski definition) is 4.